The van der Waals surface area contributed by atoms with E-state index >= 15 is 0 Å². The average Bonchev–Trinajstić information content (AvgIpc) is 2.98. The molecule has 0 amide bonds. The molecule has 0 unspecified atom stereocenters. The summed E-state index contributed by atoms with van der Waals surface area (Å²) in [5, 5.41) is 0. The Morgan fingerprint density at radius 3 is 1.21 bits per heavy atom. The number of hydrogen-bond donors (Lipinski definition) is 0. The Hall–Kier alpha value is -5.03. The van der Waals surface area contributed by atoms with Crippen LogP contribution in [0.25, 0.3) is 56.4 Å². The van der Waals surface area contributed by atoms with Crippen LogP contribution in [-0.2, 0) is 0 Å². The first-order valence-corrected chi connectivity index (χ1v) is 12.2. The van der Waals surface area contributed by atoms with Gasteiger partial charge >= 0.3 is 0 Å². The maximum Gasteiger partial charge on any atom is 0.164 e. The van der Waals surface area contributed by atoms with E-state index in [1.165, 1.54) is 29.8 Å². The lowest BCUT2D eigenvalue weighted by Crippen LogP contribution is -2.00. The molecule has 0 saturated carbocycles. The second kappa shape index (κ2) is 10.1. The number of halogens is 2. The molecule has 1 heterocycles. The topological polar surface area (TPSA) is 38.7 Å². The van der Waals surface area contributed by atoms with Crippen molar-refractivity contribution in [1.29, 1.82) is 0 Å². The fourth-order valence-corrected chi connectivity index (χ4v) is 4.28. The van der Waals surface area contributed by atoms with Crippen molar-refractivity contribution in [3.63, 3.8) is 0 Å². The summed E-state index contributed by atoms with van der Waals surface area (Å²) in [5.74, 6) is 0.612. The molecule has 0 atom stereocenters. The zero-order chi connectivity index (χ0) is 25.9. The monoisotopic (exact) mass is 497 g/mol. The molecule has 182 valence electrons. The SMILES string of the molecule is Fc1ccc(-c2nc(-c3ccc(F)cc3)nc(-c3cccc(-c4ccc(-c5ccccc5)cc4)c3)n2)cc1. The third-order valence-corrected chi connectivity index (χ3v) is 6.29. The largest absolute Gasteiger partial charge is 0.208 e. The van der Waals surface area contributed by atoms with Crippen molar-refractivity contribution < 1.29 is 8.78 Å². The van der Waals surface area contributed by atoms with Crippen LogP contribution in [0.3, 0.4) is 0 Å². The fourth-order valence-electron chi connectivity index (χ4n) is 4.28. The smallest absolute Gasteiger partial charge is 0.164 e. The van der Waals surface area contributed by atoms with Crippen LogP contribution in [0, 0.1) is 11.6 Å². The second-order valence-corrected chi connectivity index (χ2v) is 8.84. The molecule has 0 aliphatic carbocycles. The van der Waals surface area contributed by atoms with E-state index in [4.69, 9.17) is 9.97 Å². The van der Waals surface area contributed by atoms with Crippen molar-refractivity contribution in [2.45, 2.75) is 0 Å². The minimum Gasteiger partial charge on any atom is -0.208 e. The van der Waals surface area contributed by atoms with Crippen LogP contribution in [0.15, 0.2) is 127 Å². The highest BCUT2D eigenvalue weighted by atomic mass is 19.1. The minimum atomic E-state index is -0.340. The number of nitrogens with zero attached hydrogens (tertiary/aromatic N) is 3. The van der Waals surface area contributed by atoms with Gasteiger partial charge in [-0.3, -0.25) is 0 Å². The molecule has 3 nitrogen and oxygen atoms in total. The number of hydrogen-bond acceptors (Lipinski definition) is 3. The molecule has 5 aromatic carbocycles. The number of rotatable bonds is 5. The van der Waals surface area contributed by atoms with E-state index in [1.54, 1.807) is 24.3 Å². The Bertz CT molecular complexity index is 1630. The maximum absolute atomic E-state index is 13.6. The van der Waals surface area contributed by atoms with E-state index in [9.17, 15) is 8.78 Å². The van der Waals surface area contributed by atoms with Crippen LogP contribution in [0.4, 0.5) is 8.78 Å². The first-order chi connectivity index (χ1) is 18.6. The summed E-state index contributed by atoms with van der Waals surface area (Å²) in [6.45, 7) is 0. The molecule has 38 heavy (non-hydrogen) atoms. The third-order valence-electron chi connectivity index (χ3n) is 6.29. The zero-order valence-electron chi connectivity index (χ0n) is 20.2. The van der Waals surface area contributed by atoms with Gasteiger partial charge in [0.2, 0.25) is 0 Å². The summed E-state index contributed by atoms with van der Waals surface area (Å²) in [6, 6.07) is 38.7. The van der Waals surface area contributed by atoms with Gasteiger partial charge in [-0.1, -0.05) is 72.8 Å². The normalized spacial score (nSPS) is 10.9. The predicted octanol–water partition coefficient (Wildman–Crippen LogP) is 8.48. The quantitative estimate of drug-likeness (QED) is 0.240. The maximum atomic E-state index is 13.6. The Kier molecular flexibility index (Phi) is 6.24. The van der Waals surface area contributed by atoms with E-state index in [0.29, 0.717) is 28.6 Å². The minimum absolute atomic E-state index is 0.340. The van der Waals surface area contributed by atoms with Crippen LogP contribution >= 0.6 is 0 Å². The van der Waals surface area contributed by atoms with Crippen molar-refractivity contribution in [3.05, 3.63) is 139 Å². The Labute approximate surface area is 219 Å². The molecule has 0 bridgehead atoms. The summed E-state index contributed by atoms with van der Waals surface area (Å²) >= 11 is 0. The van der Waals surface area contributed by atoms with Crippen LogP contribution in [-0.4, -0.2) is 15.0 Å². The highest BCUT2D eigenvalue weighted by Crippen LogP contribution is 2.29. The lowest BCUT2D eigenvalue weighted by molar-refractivity contribution is 0.627. The molecule has 0 N–H and O–H groups in total. The van der Waals surface area contributed by atoms with E-state index in [1.807, 2.05) is 42.5 Å². The summed E-state index contributed by atoms with van der Waals surface area (Å²) in [5.41, 5.74) is 6.53. The third kappa shape index (κ3) is 4.95. The molecule has 1 aromatic heterocycles. The van der Waals surface area contributed by atoms with Crippen molar-refractivity contribution in [2.24, 2.45) is 0 Å². The molecule has 0 aliphatic heterocycles. The van der Waals surface area contributed by atoms with Gasteiger partial charge in [-0.15, -0.1) is 0 Å². The molecule has 6 aromatic rings. The van der Waals surface area contributed by atoms with Gasteiger partial charge in [0.05, 0.1) is 0 Å². The molecule has 0 spiro atoms. The molecule has 0 fully saturated rings. The molecular formula is C33H21F2N3. The highest BCUT2D eigenvalue weighted by molar-refractivity contribution is 5.74. The summed E-state index contributed by atoms with van der Waals surface area (Å²) in [6.07, 6.45) is 0. The van der Waals surface area contributed by atoms with Crippen molar-refractivity contribution in [1.82, 2.24) is 15.0 Å². The van der Waals surface area contributed by atoms with Gasteiger partial charge in [-0.2, -0.15) is 0 Å². The summed E-state index contributed by atoms with van der Waals surface area (Å²) < 4.78 is 27.1. The summed E-state index contributed by atoms with van der Waals surface area (Å²) in [4.78, 5) is 14.0. The number of benzene rings is 5. The van der Waals surface area contributed by atoms with Gasteiger partial charge in [0.15, 0.2) is 17.5 Å². The Morgan fingerprint density at radius 2 is 0.684 bits per heavy atom. The molecule has 0 radical (unpaired) electrons. The van der Waals surface area contributed by atoms with Gasteiger partial charge in [-0.25, -0.2) is 23.7 Å². The van der Waals surface area contributed by atoms with Gasteiger partial charge in [-0.05, 0) is 76.9 Å². The van der Waals surface area contributed by atoms with Gasteiger partial charge in [0.1, 0.15) is 11.6 Å². The Balaban J connectivity index is 1.41. The second-order valence-electron chi connectivity index (χ2n) is 8.84. The van der Waals surface area contributed by atoms with Crippen LogP contribution in [0.2, 0.25) is 0 Å². The zero-order valence-corrected chi connectivity index (χ0v) is 20.2. The molecule has 6 rings (SSSR count). The standard InChI is InChI=1S/C33H21F2N3/c34-29-17-13-25(14-18-29)31-36-32(26-15-19-30(35)20-16-26)38-33(37-31)28-8-4-7-27(21-28)24-11-9-23(10-12-24)22-5-2-1-3-6-22/h1-21H. The van der Waals surface area contributed by atoms with E-state index < -0.39 is 0 Å². The average molecular weight is 498 g/mol. The summed E-state index contributed by atoms with van der Waals surface area (Å²) in [7, 11) is 0. The lowest BCUT2D eigenvalue weighted by Gasteiger charge is -2.10. The van der Waals surface area contributed by atoms with Gasteiger partial charge in [0, 0.05) is 16.7 Å². The molecular weight excluding hydrogens is 476 g/mol. The molecule has 0 aliphatic rings. The van der Waals surface area contributed by atoms with Crippen LogP contribution in [0.5, 0.6) is 0 Å². The van der Waals surface area contributed by atoms with E-state index in [-0.39, 0.29) is 11.6 Å². The molecule has 0 saturated heterocycles. The molecule has 5 heteroatoms. The number of aromatic nitrogens is 3. The highest BCUT2D eigenvalue weighted by Gasteiger charge is 2.13. The predicted molar refractivity (Wildman–Crippen MR) is 147 cm³/mol. The first kappa shape index (κ1) is 23.4. The van der Waals surface area contributed by atoms with Crippen LogP contribution < -0.4 is 0 Å². The first-order valence-electron chi connectivity index (χ1n) is 12.2. The van der Waals surface area contributed by atoms with Gasteiger partial charge in [0.25, 0.3) is 0 Å². The van der Waals surface area contributed by atoms with Crippen molar-refractivity contribution >= 4 is 0 Å². The van der Waals surface area contributed by atoms with Crippen LogP contribution in [0.1, 0.15) is 0 Å². The van der Waals surface area contributed by atoms with Crippen molar-refractivity contribution in [2.75, 3.05) is 0 Å². The Morgan fingerprint density at radius 1 is 0.316 bits per heavy atom. The van der Waals surface area contributed by atoms with E-state index in [0.717, 1.165) is 22.3 Å². The van der Waals surface area contributed by atoms with Crippen molar-refractivity contribution in [3.8, 4) is 56.4 Å². The van der Waals surface area contributed by atoms with Gasteiger partial charge < -0.3 is 0 Å². The lowest BCUT2D eigenvalue weighted by atomic mass is 9.99. The fraction of sp³-hybridized carbons (Fsp3) is 0. The van der Waals surface area contributed by atoms with E-state index in [2.05, 4.69) is 41.4 Å².